The van der Waals surface area contributed by atoms with Crippen LogP contribution in [-0.4, -0.2) is 36.2 Å². The van der Waals surface area contributed by atoms with E-state index in [9.17, 15) is 9.59 Å². The third-order valence-electron chi connectivity index (χ3n) is 2.61. The maximum Gasteiger partial charge on any atom is 0.331 e. The van der Waals surface area contributed by atoms with E-state index in [-0.39, 0.29) is 6.61 Å². The summed E-state index contributed by atoms with van der Waals surface area (Å²) in [4.78, 5) is 23.1. The predicted molar refractivity (Wildman–Crippen MR) is 63.5 cm³/mol. The van der Waals surface area contributed by atoms with Crippen molar-refractivity contribution in [3.05, 3.63) is 23.7 Å². The maximum absolute atomic E-state index is 12.0. The molecule has 18 heavy (non-hydrogen) atoms. The zero-order chi connectivity index (χ0) is 13.8. The fourth-order valence-electron chi connectivity index (χ4n) is 1.57. The smallest absolute Gasteiger partial charge is 0.331 e. The number of carboxylic acids is 1. The third kappa shape index (κ3) is 2.89. The molecule has 0 spiro atoms. The van der Waals surface area contributed by atoms with Gasteiger partial charge in [0.15, 0.2) is 5.54 Å². The number of methoxy groups -OCH3 is 1. The largest absolute Gasteiger partial charge is 0.479 e. The van der Waals surface area contributed by atoms with Crippen LogP contribution in [0.1, 0.15) is 30.0 Å². The van der Waals surface area contributed by atoms with Crippen LogP contribution in [0.5, 0.6) is 0 Å². The minimum absolute atomic E-state index is 0.118. The summed E-state index contributed by atoms with van der Waals surface area (Å²) in [6.07, 6.45) is 1.96. The molecule has 6 heteroatoms. The zero-order valence-corrected chi connectivity index (χ0v) is 10.6. The lowest BCUT2D eigenvalue weighted by Crippen LogP contribution is -2.55. The fraction of sp³-hybridized carbons (Fsp3) is 0.500. The van der Waals surface area contributed by atoms with Gasteiger partial charge < -0.3 is 19.6 Å². The molecule has 0 saturated heterocycles. The Kier molecular flexibility index (Phi) is 4.49. The van der Waals surface area contributed by atoms with Gasteiger partial charge in [-0.25, -0.2) is 4.79 Å². The summed E-state index contributed by atoms with van der Waals surface area (Å²) in [5.41, 5.74) is -1.12. The Balaban J connectivity index is 2.89. The number of carbonyl (C=O) groups excluding carboxylic acids is 1. The number of aryl methyl sites for hydroxylation is 1. The van der Waals surface area contributed by atoms with Gasteiger partial charge in [0.05, 0.1) is 18.4 Å². The number of rotatable bonds is 6. The molecule has 1 amide bonds. The predicted octanol–water partition coefficient (Wildman–Crippen LogP) is 1.06. The van der Waals surface area contributed by atoms with Crippen LogP contribution in [0.25, 0.3) is 0 Å². The molecule has 0 aliphatic rings. The molecule has 0 aromatic carbocycles. The summed E-state index contributed by atoms with van der Waals surface area (Å²) in [5.74, 6) is -1.11. The first-order chi connectivity index (χ1) is 8.44. The van der Waals surface area contributed by atoms with E-state index in [4.69, 9.17) is 14.3 Å². The summed E-state index contributed by atoms with van der Waals surface area (Å²) in [6.45, 7) is 3.12. The summed E-state index contributed by atoms with van der Waals surface area (Å²) in [5, 5.41) is 11.6. The summed E-state index contributed by atoms with van der Waals surface area (Å²) in [6, 6.07) is 1.52. The van der Waals surface area contributed by atoms with E-state index in [1.54, 1.807) is 0 Å². The second-order valence-corrected chi connectivity index (χ2v) is 4.14. The summed E-state index contributed by atoms with van der Waals surface area (Å²) >= 11 is 0. The third-order valence-corrected chi connectivity index (χ3v) is 2.61. The molecule has 1 rings (SSSR count). The topological polar surface area (TPSA) is 88.8 Å². The van der Waals surface area contributed by atoms with Gasteiger partial charge in [0.1, 0.15) is 5.76 Å². The van der Waals surface area contributed by atoms with Crippen molar-refractivity contribution in [3.63, 3.8) is 0 Å². The first kappa shape index (κ1) is 14.2. The van der Waals surface area contributed by atoms with Gasteiger partial charge in [0.25, 0.3) is 5.91 Å². The molecule has 1 unspecified atom stereocenters. The molecule has 0 bridgehead atoms. The van der Waals surface area contributed by atoms with E-state index >= 15 is 0 Å². The van der Waals surface area contributed by atoms with Crippen molar-refractivity contribution in [1.82, 2.24) is 5.32 Å². The van der Waals surface area contributed by atoms with Gasteiger partial charge in [-0.2, -0.15) is 0 Å². The molecule has 1 aromatic heterocycles. The molecule has 0 saturated carbocycles. The van der Waals surface area contributed by atoms with Gasteiger partial charge >= 0.3 is 5.97 Å². The van der Waals surface area contributed by atoms with Crippen LogP contribution in [0.2, 0.25) is 0 Å². The van der Waals surface area contributed by atoms with Gasteiger partial charge in [-0.1, -0.05) is 6.92 Å². The Labute approximate surface area is 105 Å². The van der Waals surface area contributed by atoms with E-state index in [2.05, 4.69) is 5.32 Å². The molecule has 6 nitrogen and oxygen atoms in total. The highest BCUT2D eigenvalue weighted by molar-refractivity contribution is 5.98. The number of furan rings is 1. The van der Waals surface area contributed by atoms with Crippen LogP contribution in [0.15, 0.2) is 16.7 Å². The molecule has 1 heterocycles. The minimum atomic E-state index is -1.46. The van der Waals surface area contributed by atoms with Crippen molar-refractivity contribution in [2.45, 2.75) is 25.8 Å². The van der Waals surface area contributed by atoms with Crippen LogP contribution >= 0.6 is 0 Å². The van der Waals surface area contributed by atoms with Gasteiger partial charge in [-0.15, -0.1) is 0 Å². The standard InChI is InChI=1S/C12H17NO5/c1-4-9-8(5-6-18-9)10(14)13-12(2,7-17-3)11(15)16/h5-6H,4,7H2,1-3H3,(H,13,14)(H,15,16). The Bertz CT molecular complexity index is 439. The summed E-state index contributed by atoms with van der Waals surface area (Å²) < 4.78 is 9.95. The normalized spacial score (nSPS) is 13.9. The van der Waals surface area contributed by atoms with Crippen molar-refractivity contribution < 1.29 is 23.8 Å². The highest BCUT2D eigenvalue weighted by Gasteiger charge is 2.35. The SMILES string of the molecule is CCc1occc1C(=O)NC(C)(COC)C(=O)O. The van der Waals surface area contributed by atoms with Crippen molar-refractivity contribution >= 4 is 11.9 Å². The Hall–Kier alpha value is -1.82. The fourth-order valence-corrected chi connectivity index (χ4v) is 1.57. The minimum Gasteiger partial charge on any atom is -0.479 e. The van der Waals surface area contributed by atoms with Gasteiger partial charge in [-0.05, 0) is 13.0 Å². The first-order valence-electron chi connectivity index (χ1n) is 5.55. The Morgan fingerprint density at radius 2 is 2.22 bits per heavy atom. The van der Waals surface area contributed by atoms with Crippen LogP contribution in [-0.2, 0) is 16.0 Å². The average Bonchev–Trinajstić information content (AvgIpc) is 2.76. The zero-order valence-electron chi connectivity index (χ0n) is 10.6. The number of amides is 1. The van der Waals surface area contributed by atoms with Crippen molar-refractivity contribution in [1.29, 1.82) is 0 Å². The van der Waals surface area contributed by atoms with Crippen LogP contribution in [0.4, 0.5) is 0 Å². The Morgan fingerprint density at radius 1 is 1.56 bits per heavy atom. The quantitative estimate of drug-likeness (QED) is 0.793. The summed E-state index contributed by atoms with van der Waals surface area (Å²) in [7, 11) is 1.38. The number of nitrogens with one attached hydrogen (secondary N) is 1. The highest BCUT2D eigenvalue weighted by atomic mass is 16.5. The van der Waals surface area contributed by atoms with Gasteiger partial charge in [-0.3, -0.25) is 4.79 Å². The van der Waals surface area contributed by atoms with Crippen molar-refractivity contribution in [2.75, 3.05) is 13.7 Å². The molecule has 0 aliphatic heterocycles. The average molecular weight is 255 g/mol. The van der Waals surface area contributed by atoms with E-state index in [0.29, 0.717) is 17.7 Å². The van der Waals surface area contributed by atoms with Crippen LogP contribution in [0.3, 0.4) is 0 Å². The molecule has 1 atom stereocenters. The number of hydrogen-bond donors (Lipinski definition) is 2. The van der Waals surface area contributed by atoms with Crippen LogP contribution < -0.4 is 5.32 Å². The van der Waals surface area contributed by atoms with Crippen molar-refractivity contribution in [3.8, 4) is 0 Å². The van der Waals surface area contributed by atoms with E-state index in [0.717, 1.165) is 0 Å². The van der Waals surface area contributed by atoms with Crippen LogP contribution in [0, 0.1) is 0 Å². The van der Waals surface area contributed by atoms with E-state index in [1.165, 1.54) is 26.4 Å². The molecular weight excluding hydrogens is 238 g/mol. The molecular formula is C12H17NO5. The number of carboxylic acid groups (broad SMARTS) is 1. The van der Waals surface area contributed by atoms with E-state index < -0.39 is 17.4 Å². The molecule has 0 aliphatic carbocycles. The number of carbonyl (C=O) groups is 2. The Morgan fingerprint density at radius 3 is 2.72 bits per heavy atom. The highest BCUT2D eigenvalue weighted by Crippen LogP contribution is 2.13. The lowest BCUT2D eigenvalue weighted by atomic mass is 10.0. The number of aliphatic carboxylic acids is 1. The van der Waals surface area contributed by atoms with Gasteiger partial charge in [0, 0.05) is 13.5 Å². The molecule has 100 valence electrons. The molecule has 2 N–H and O–H groups in total. The second kappa shape index (κ2) is 5.68. The first-order valence-corrected chi connectivity index (χ1v) is 5.55. The lowest BCUT2D eigenvalue weighted by Gasteiger charge is -2.25. The molecule has 0 fully saturated rings. The van der Waals surface area contributed by atoms with E-state index in [1.807, 2.05) is 6.92 Å². The van der Waals surface area contributed by atoms with Crippen molar-refractivity contribution in [2.24, 2.45) is 0 Å². The van der Waals surface area contributed by atoms with Gasteiger partial charge in [0.2, 0.25) is 0 Å². The molecule has 1 aromatic rings. The number of ether oxygens (including phenoxy) is 1. The second-order valence-electron chi connectivity index (χ2n) is 4.14. The number of hydrogen-bond acceptors (Lipinski definition) is 4. The molecule has 0 radical (unpaired) electrons. The monoisotopic (exact) mass is 255 g/mol. The lowest BCUT2D eigenvalue weighted by molar-refractivity contribution is -0.145. The maximum atomic E-state index is 12.0.